The Balaban J connectivity index is 2.33. The van der Waals surface area contributed by atoms with Crippen LogP contribution in [0.15, 0.2) is 48.5 Å². The van der Waals surface area contributed by atoms with Gasteiger partial charge in [0.25, 0.3) is 0 Å². The maximum absolute atomic E-state index is 12.7. The summed E-state index contributed by atoms with van der Waals surface area (Å²) in [5.74, 6) is 5.29. The Bertz CT molecular complexity index is 697. The highest BCUT2D eigenvalue weighted by atomic mass is 19.4. The molecular formula is C17H10F6. The molecule has 0 nitrogen and oxygen atoms in total. The second kappa shape index (κ2) is 6.37. The maximum atomic E-state index is 12.7. The van der Waals surface area contributed by atoms with Crippen molar-refractivity contribution in [2.45, 2.75) is 18.8 Å². The van der Waals surface area contributed by atoms with Crippen molar-refractivity contribution in [2.75, 3.05) is 0 Å². The van der Waals surface area contributed by atoms with Gasteiger partial charge in [-0.3, -0.25) is 0 Å². The molecular weight excluding hydrogens is 318 g/mol. The van der Waals surface area contributed by atoms with Gasteiger partial charge in [-0.1, -0.05) is 30.0 Å². The molecule has 2 rings (SSSR count). The first-order chi connectivity index (χ1) is 10.7. The first-order valence-corrected chi connectivity index (χ1v) is 6.48. The van der Waals surface area contributed by atoms with Crippen molar-refractivity contribution in [1.82, 2.24) is 0 Å². The lowest BCUT2D eigenvalue weighted by Crippen LogP contribution is -2.11. The standard InChI is InChI=1S/C17H10F6/c18-16(19,20)14-9-13(10-15(11-14)17(21,22)23)8-4-7-12-5-2-1-3-6-12/h1-3,5-6,9-11H,8H2. The van der Waals surface area contributed by atoms with E-state index in [1.165, 1.54) is 0 Å². The summed E-state index contributed by atoms with van der Waals surface area (Å²) in [4.78, 5) is 0. The van der Waals surface area contributed by atoms with Crippen LogP contribution in [0.1, 0.15) is 22.3 Å². The molecule has 23 heavy (non-hydrogen) atoms. The molecule has 6 heteroatoms. The zero-order valence-corrected chi connectivity index (χ0v) is 11.6. The van der Waals surface area contributed by atoms with Crippen molar-refractivity contribution in [3.63, 3.8) is 0 Å². The normalized spacial score (nSPS) is 11.7. The molecule has 120 valence electrons. The van der Waals surface area contributed by atoms with Crippen LogP contribution in [0, 0.1) is 11.8 Å². The van der Waals surface area contributed by atoms with E-state index in [0.717, 1.165) is 0 Å². The van der Waals surface area contributed by atoms with E-state index in [4.69, 9.17) is 0 Å². The van der Waals surface area contributed by atoms with Crippen LogP contribution in [0.3, 0.4) is 0 Å². The fraction of sp³-hybridized carbons (Fsp3) is 0.176. The molecule has 0 N–H and O–H groups in total. The van der Waals surface area contributed by atoms with Crippen LogP contribution in [0.2, 0.25) is 0 Å². The molecule has 0 amide bonds. The van der Waals surface area contributed by atoms with Gasteiger partial charge in [0.2, 0.25) is 0 Å². The zero-order valence-electron chi connectivity index (χ0n) is 11.6. The van der Waals surface area contributed by atoms with Crippen molar-refractivity contribution >= 4 is 0 Å². The molecule has 0 bridgehead atoms. The molecule has 0 heterocycles. The average Bonchev–Trinajstić information content (AvgIpc) is 2.46. The Kier molecular flexibility index (Phi) is 4.69. The molecule has 0 aromatic heterocycles. The summed E-state index contributed by atoms with van der Waals surface area (Å²) >= 11 is 0. The third-order valence-electron chi connectivity index (χ3n) is 2.95. The smallest absolute Gasteiger partial charge is 0.166 e. The van der Waals surface area contributed by atoms with Crippen molar-refractivity contribution in [3.05, 3.63) is 70.8 Å². The van der Waals surface area contributed by atoms with Gasteiger partial charge in [0.05, 0.1) is 11.1 Å². The minimum Gasteiger partial charge on any atom is -0.166 e. The van der Waals surface area contributed by atoms with Gasteiger partial charge in [-0.25, -0.2) is 0 Å². The third kappa shape index (κ3) is 4.78. The number of hydrogen-bond acceptors (Lipinski definition) is 0. The minimum atomic E-state index is -4.84. The molecule has 0 aliphatic carbocycles. The molecule has 0 fully saturated rings. The highest BCUT2D eigenvalue weighted by molar-refractivity contribution is 5.38. The molecule has 2 aromatic rings. The highest BCUT2D eigenvalue weighted by Gasteiger charge is 2.36. The van der Waals surface area contributed by atoms with Crippen molar-refractivity contribution < 1.29 is 26.3 Å². The topological polar surface area (TPSA) is 0 Å². The fourth-order valence-corrected chi connectivity index (χ4v) is 1.89. The molecule has 2 aromatic carbocycles. The van der Waals surface area contributed by atoms with Crippen molar-refractivity contribution in [2.24, 2.45) is 0 Å². The monoisotopic (exact) mass is 328 g/mol. The summed E-state index contributed by atoms with van der Waals surface area (Å²) in [5.41, 5.74) is -2.15. The quantitative estimate of drug-likeness (QED) is 0.491. The number of alkyl halides is 6. The van der Waals surface area contributed by atoms with Gasteiger partial charge in [-0.15, -0.1) is 0 Å². The molecule has 0 atom stereocenters. The van der Waals surface area contributed by atoms with E-state index in [2.05, 4.69) is 11.8 Å². The van der Waals surface area contributed by atoms with Crippen LogP contribution in [0.4, 0.5) is 26.3 Å². The Hall–Kier alpha value is -2.42. The SMILES string of the molecule is FC(F)(F)c1cc(CC#Cc2ccccc2)cc(C(F)(F)F)c1. The number of benzene rings is 2. The van der Waals surface area contributed by atoms with Crippen LogP contribution < -0.4 is 0 Å². The summed E-state index contributed by atoms with van der Waals surface area (Å²) in [6.07, 6.45) is -9.90. The van der Waals surface area contributed by atoms with Gasteiger partial charge in [0, 0.05) is 12.0 Å². The summed E-state index contributed by atoms with van der Waals surface area (Å²) in [7, 11) is 0. The van der Waals surface area contributed by atoms with E-state index < -0.39 is 23.5 Å². The van der Waals surface area contributed by atoms with E-state index in [1.807, 2.05) is 0 Å². The second-order valence-electron chi connectivity index (χ2n) is 4.76. The van der Waals surface area contributed by atoms with Gasteiger partial charge >= 0.3 is 12.4 Å². The van der Waals surface area contributed by atoms with Gasteiger partial charge in [0.1, 0.15) is 0 Å². The third-order valence-corrected chi connectivity index (χ3v) is 2.95. The van der Waals surface area contributed by atoms with Gasteiger partial charge in [-0.2, -0.15) is 26.3 Å². The molecule has 0 aliphatic heterocycles. The Morgan fingerprint density at radius 3 is 1.74 bits per heavy atom. The molecule has 0 aliphatic rings. The maximum Gasteiger partial charge on any atom is 0.416 e. The largest absolute Gasteiger partial charge is 0.416 e. The predicted molar refractivity (Wildman–Crippen MR) is 73.5 cm³/mol. The van der Waals surface area contributed by atoms with Crippen molar-refractivity contribution in [1.29, 1.82) is 0 Å². The summed E-state index contributed by atoms with van der Waals surface area (Å²) in [6.45, 7) is 0. The second-order valence-corrected chi connectivity index (χ2v) is 4.76. The Morgan fingerprint density at radius 1 is 0.739 bits per heavy atom. The van der Waals surface area contributed by atoms with Crippen LogP contribution in [0.5, 0.6) is 0 Å². The van der Waals surface area contributed by atoms with Crippen LogP contribution >= 0.6 is 0 Å². The van der Waals surface area contributed by atoms with E-state index in [1.54, 1.807) is 30.3 Å². The minimum absolute atomic E-state index is 0.105. The van der Waals surface area contributed by atoms with E-state index in [0.29, 0.717) is 17.7 Å². The number of hydrogen-bond donors (Lipinski definition) is 0. The van der Waals surface area contributed by atoms with Crippen molar-refractivity contribution in [3.8, 4) is 11.8 Å². The number of rotatable bonds is 1. The Morgan fingerprint density at radius 2 is 1.26 bits per heavy atom. The zero-order chi connectivity index (χ0) is 17.1. The summed E-state index contributed by atoms with van der Waals surface area (Å²) < 4.78 is 76.3. The lowest BCUT2D eigenvalue weighted by molar-refractivity contribution is -0.143. The molecule has 0 radical (unpaired) electrons. The molecule has 0 unspecified atom stereocenters. The first-order valence-electron chi connectivity index (χ1n) is 6.48. The van der Waals surface area contributed by atoms with Gasteiger partial charge in [-0.05, 0) is 35.9 Å². The molecule has 0 saturated heterocycles. The first kappa shape index (κ1) is 16.9. The van der Waals surface area contributed by atoms with Crippen LogP contribution in [0.25, 0.3) is 0 Å². The summed E-state index contributed by atoms with van der Waals surface area (Å²) in [5, 5.41) is 0. The predicted octanol–water partition coefficient (Wildman–Crippen LogP) is 5.32. The van der Waals surface area contributed by atoms with Gasteiger partial charge in [0.15, 0.2) is 0 Å². The lowest BCUT2D eigenvalue weighted by atomic mass is 10.0. The fourth-order valence-electron chi connectivity index (χ4n) is 1.89. The van der Waals surface area contributed by atoms with Gasteiger partial charge < -0.3 is 0 Å². The molecule has 0 saturated carbocycles. The van der Waals surface area contributed by atoms with E-state index in [9.17, 15) is 26.3 Å². The highest BCUT2D eigenvalue weighted by Crippen LogP contribution is 2.36. The van der Waals surface area contributed by atoms with E-state index >= 15 is 0 Å². The average molecular weight is 328 g/mol. The van der Waals surface area contributed by atoms with Crippen LogP contribution in [-0.2, 0) is 18.8 Å². The Labute approximate surface area is 128 Å². The van der Waals surface area contributed by atoms with Crippen LogP contribution in [-0.4, -0.2) is 0 Å². The lowest BCUT2D eigenvalue weighted by Gasteiger charge is -2.13. The molecule has 0 spiro atoms. The number of halogens is 6. The van der Waals surface area contributed by atoms with E-state index in [-0.39, 0.29) is 18.1 Å². The summed E-state index contributed by atoms with van der Waals surface area (Å²) in [6, 6.07) is 10.1.